The highest BCUT2D eigenvalue weighted by Gasteiger charge is 2.36. The Morgan fingerprint density at radius 1 is 0.791 bits per heavy atom. The summed E-state index contributed by atoms with van der Waals surface area (Å²) in [6.07, 6.45) is 5.79. The summed E-state index contributed by atoms with van der Waals surface area (Å²) in [5.41, 5.74) is 4.10. The van der Waals surface area contributed by atoms with E-state index in [0.717, 1.165) is 27.3 Å². The molecule has 0 aliphatic carbocycles. The first kappa shape index (κ1) is 26.9. The molecule has 212 valence electrons. The normalized spacial score (nSPS) is 17.2. The van der Waals surface area contributed by atoms with E-state index in [1.54, 1.807) is 40.1 Å². The zero-order valence-electron chi connectivity index (χ0n) is 23.3. The highest BCUT2D eigenvalue weighted by atomic mass is 35.5. The molecule has 7 rings (SSSR count). The van der Waals surface area contributed by atoms with Crippen molar-refractivity contribution in [2.45, 2.75) is 18.8 Å². The summed E-state index contributed by atoms with van der Waals surface area (Å²) in [4.78, 5) is 31.4. The third-order valence-electron chi connectivity index (χ3n) is 8.70. The number of carbonyl (C=O) groups is 2. The van der Waals surface area contributed by atoms with Gasteiger partial charge in [0, 0.05) is 70.4 Å². The molecule has 0 saturated carbocycles. The average Bonchev–Trinajstić information content (AvgIpc) is 3.57. The maximum Gasteiger partial charge on any atom is 0.258 e. The number of phenols is 2. The van der Waals surface area contributed by atoms with Crippen LogP contribution >= 0.6 is 11.6 Å². The second-order valence-corrected chi connectivity index (χ2v) is 11.6. The van der Waals surface area contributed by atoms with Crippen molar-refractivity contribution >= 4 is 56.3 Å². The van der Waals surface area contributed by atoms with E-state index in [0.29, 0.717) is 41.3 Å². The van der Waals surface area contributed by atoms with Crippen LogP contribution in [0.1, 0.15) is 56.2 Å². The lowest BCUT2D eigenvalue weighted by Gasteiger charge is -2.21. The van der Waals surface area contributed by atoms with Crippen LogP contribution in [0, 0.1) is 12.3 Å². The third kappa shape index (κ3) is 4.11. The smallest absolute Gasteiger partial charge is 0.258 e. The molecule has 0 aromatic heterocycles. The number of amides is 2. The fourth-order valence-corrected chi connectivity index (χ4v) is 7.03. The minimum atomic E-state index is -0.339. The van der Waals surface area contributed by atoms with Crippen LogP contribution in [0.15, 0.2) is 78.9 Å². The summed E-state index contributed by atoms with van der Waals surface area (Å²) in [5.74, 6) is 2.33. The Labute approximate surface area is 253 Å². The molecule has 0 unspecified atom stereocenters. The van der Waals surface area contributed by atoms with Gasteiger partial charge < -0.3 is 20.0 Å². The number of fused-ring (bicyclic) bond motifs is 6. The van der Waals surface area contributed by atoms with Crippen LogP contribution in [0.4, 0.5) is 11.4 Å². The SMILES string of the molecule is C#Cc1cc(C(=O)N2C[C@@H](CCl)c3c2cc(O)c2ccccc32)cc(C(=O)N2C[C@@H](C)c3c2cc(O)c2ccccc32)c1. The topological polar surface area (TPSA) is 81.1 Å². The van der Waals surface area contributed by atoms with Crippen molar-refractivity contribution in [3.63, 3.8) is 0 Å². The molecule has 0 bridgehead atoms. The number of aromatic hydroxyl groups is 2. The summed E-state index contributed by atoms with van der Waals surface area (Å²) in [7, 11) is 0. The second-order valence-electron chi connectivity index (χ2n) is 11.3. The lowest BCUT2D eigenvalue weighted by atomic mass is 9.95. The first-order valence-electron chi connectivity index (χ1n) is 14.1. The maximum atomic E-state index is 14.1. The van der Waals surface area contributed by atoms with Crippen LogP contribution < -0.4 is 9.80 Å². The number of rotatable bonds is 3. The molecule has 2 atom stereocenters. The van der Waals surface area contributed by atoms with Crippen molar-refractivity contribution in [2.75, 3.05) is 28.8 Å². The van der Waals surface area contributed by atoms with Gasteiger partial charge in [0.25, 0.3) is 11.8 Å². The van der Waals surface area contributed by atoms with Crippen molar-refractivity contribution in [1.29, 1.82) is 0 Å². The summed E-state index contributed by atoms with van der Waals surface area (Å²) < 4.78 is 0. The number of carbonyl (C=O) groups excluding carboxylic acids is 2. The van der Waals surface area contributed by atoms with Crippen molar-refractivity contribution in [1.82, 2.24) is 0 Å². The number of halogens is 1. The molecule has 2 N–H and O–H groups in total. The van der Waals surface area contributed by atoms with Gasteiger partial charge in [-0.05, 0) is 40.1 Å². The summed E-state index contributed by atoms with van der Waals surface area (Å²) in [5, 5.41) is 24.8. The molecular weight excluding hydrogens is 560 g/mol. The standard InChI is InChI=1S/C36H27ClN2O4/c1-3-21-12-22(35(42)38-18-20(2)33-27-10-6-4-8-25(27)31(40)15-29(33)38)14-23(13-21)36(43)39-19-24(17-37)34-28-11-7-5-9-26(28)32(41)16-30(34)39/h1,4-16,20,24,40-41H,17-19H2,2H3/t20-,24-/m1/s1. The molecule has 7 heteroatoms. The van der Waals surface area contributed by atoms with E-state index >= 15 is 0 Å². The lowest BCUT2D eigenvalue weighted by Crippen LogP contribution is -2.32. The molecule has 2 aliphatic heterocycles. The number of nitrogens with zero attached hydrogens (tertiary/aromatic N) is 2. The van der Waals surface area contributed by atoms with Crippen molar-refractivity contribution in [3.05, 3.63) is 107 Å². The lowest BCUT2D eigenvalue weighted by molar-refractivity contribution is 0.0987. The molecule has 5 aromatic carbocycles. The third-order valence-corrected chi connectivity index (χ3v) is 9.07. The fraction of sp³-hybridized carbons (Fsp3) is 0.167. The van der Waals surface area contributed by atoms with Gasteiger partial charge in [0.15, 0.2) is 0 Å². The van der Waals surface area contributed by atoms with Crippen LogP contribution in [-0.4, -0.2) is 41.0 Å². The Balaban J connectivity index is 1.29. The minimum absolute atomic E-state index is 0.0393. The first-order valence-corrected chi connectivity index (χ1v) is 14.6. The van der Waals surface area contributed by atoms with E-state index in [-0.39, 0.29) is 46.3 Å². The van der Waals surface area contributed by atoms with Gasteiger partial charge in [-0.2, -0.15) is 0 Å². The summed E-state index contributed by atoms with van der Waals surface area (Å²) in [6.45, 7) is 2.81. The molecule has 2 heterocycles. The molecular formula is C36H27ClN2O4. The van der Waals surface area contributed by atoms with Gasteiger partial charge in [-0.3, -0.25) is 9.59 Å². The average molecular weight is 587 g/mol. The molecule has 0 radical (unpaired) electrons. The van der Waals surface area contributed by atoms with Crippen LogP contribution in [-0.2, 0) is 0 Å². The number of anilines is 2. The van der Waals surface area contributed by atoms with E-state index in [9.17, 15) is 19.8 Å². The Bertz CT molecular complexity index is 2050. The van der Waals surface area contributed by atoms with E-state index in [1.807, 2.05) is 48.5 Å². The van der Waals surface area contributed by atoms with E-state index in [2.05, 4.69) is 12.8 Å². The number of terminal acetylenes is 1. The summed E-state index contributed by atoms with van der Waals surface area (Å²) in [6, 6.07) is 23.2. The fourth-order valence-electron chi connectivity index (χ4n) is 6.78. The summed E-state index contributed by atoms with van der Waals surface area (Å²) >= 11 is 6.38. The predicted molar refractivity (Wildman–Crippen MR) is 171 cm³/mol. The number of alkyl halides is 1. The molecule has 0 fully saturated rings. The van der Waals surface area contributed by atoms with Crippen molar-refractivity contribution in [3.8, 4) is 23.8 Å². The van der Waals surface area contributed by atoms with Gasteiger partial charge in [0.2, 0.25) is 0 Å². The maximum absolute atomic E-state index is 14.1. The number of hydrogen-bond donors (Lipinski definition) is 2. The molecule has 0 saturated heterocycles. The van der Waals surface area contributed by atoms with Crippen LogP contribution in [0.5, 0.6) is 11.5 Å². The quantitative estimate of drug-likeness (QED) is 0.174. The van der Waals surface area contributed by atoms with Gasteiger partial charge in [-0.1, -0.05) is 61.4 Å². The number of phenolic OH excluding ortho intramolecular Hbond substituents is 2. The molecule has 2 amide bonds. The van der Waals surface area contributed by atoms with E-state index in [4.69, 9.17) is 18.0 Å². The van der Waals surface area contributed by atoms with Crippen LogP contribution in [0.25, 0.3) is 21.5 Å². The predicted octanol–water partition coefficient (Wildman–Crippen LogP) is 7.13. The highest BCUT2D eigenvalue weighted by Crippen LogP contribution is 2.47. The minimum Gasteiger partial charge on any atom is -0.507 e. The van der Waals surface area contributed by atoms with Gasteiger partial charge in [0.05, 0.1) is 11.4 Å². The van der Waals surface area contributed by atoms with Gasteiger partial charge >= 0.3 is 0 Å². The van der Waals surface area contributed by atoms with Crippen LogP contribution in [0.2, 0.25) is 0 Å². The zero-order valence-corrected chi connectivity index (χ0v) is 24.1. The molecule has 43 heavy (non-hydrogen) atoms. The molecule has 6 nitrogen and oxygen atoms in total. The van der Waals surface area contributed by atoms with Crippen LogP contribution in [0.3, 0.4) is 0 Å². The molecule has 0 spiro atoms. The Morgan fingerprint density at radius 3 is 1.81 bits per heavy atom. The first-order chi connectivity index (χ1) is 20.8. The number of hydrogen-bond acceptors (Lipinski definition) is 4. The zero-order chi connectivity index (χ0) is 30.0. The van der Waals surface area contributed by atoms with Gasteiger partial charge in [-0.25, -0.2) is 0 Å². The second kappa shape index (κ2) is 10.1. The van der Waals surface area contributed by atoms with Gasteiger partial charge in [-0.15, -0.1) is 18.0 Å². The van der Waals surface area contributed by atoms with Crippen molar-refractivity contribution < 1.29 is 19.8 Å². The molecule has 5 aromatic rings. The highest BCUT2D eigenvalue weighted by molar-refractivity contribution is 6.19. The number of benzene rings is 5. The Morgan fingerprint density at radius 2 is 1.28 bits per heavy atom. The van der Waals surface area contributed by atoms with Crippen molar-refractivity contribution in [2.24, 2.45) is 0 Å². The largest absolute Gasteiger partial charge is 0.507 e. The van der Waals surface area contributed by atoms with E-state index in [1.165, 1.54) is 0 Å². The van der Waals surface area contributed by atoms with E-state index < -0.39 is 0 Å². The Kier molecular flexibility index (Phi) is 6.30. The van der Waals surface area contributed by atoms with Gasteiger partial charge in [0.1, 0.15) is 11.5 Å². The monoisotopic (exact) mass is 586 g/mol. The Hall–Kier alpha value is -4.99. The molecule has 2 aliphatic rings.